The second-order valence-electron chi connectivity index (χ2n) is 2.41. The molecule has 4 nitrogen and oxygen atoms in total. The first-order valence-corrected chi connectivity index (χ1v) is 4.02. The predicted molar refractivity (Wildman–Crippen MR) is 49.6 cm³/mol. The van der Waals surface area contributed by atoms with Gasteiger partial charge < -0.3 is 5.11 Å². The molecule has 1 N–H and O–H groups in total. The van der Waals surface area contributed by atoms with Crippen molar-refractivity contribution in [1.29, 1.82) is 0 Å². The molecule has 0 aliphatic heterocycles. The molecule has 1 aromatic rings. The minimum absolute atomic E-state index is 0.0229. The van der Waals surface area contributed by atoms with Crippen molar-refractivity contribution in [3.8, 4) is 0 Å². The van der Waals surface area contributed by atoms with E-state index in [-0.39, 0.29) is 6.61 Å². The number of carbonyl (C=O) groups is 1. The Morgan fingerprint density at radius 2 is 2.07 bits per heavy atom. The zero-order valence-electron chi connectivity index (χ0n) is 7.42. The number of rotatable bonds is 4. The van der Waals surface area contributed by atoms with E-state index in [1.54, 1.807) is 30.3 Å². The number of aliphatic hydroxyl groups excluding tert-OH is 1. The van der Waals surface area contributed by atoms with Crippen molar-refractivity contribution in [2.75, 3.05) is 6.61 Å². The van der Waals surface area contributed by atoms with Crippen molar-refractivity contribution in [3.05, 3.63) is 48.2 Å². The third-order valence-corrected chi connectivity index (χ3v) is 1.41. The molecule has 0 saturated carbocycles. The van der Waals surface area contributed by atoms with Gasteiger partial charge in [-0.3, -0.25) is 4.89 Å². The minimum atomic E-state index is -0.558. The van der Waals surface area contributed by atoms with Crippen molar-refractivity contribution in [1.82, 2.24) is 0 Å². The van der Waals surface area contributed by atoms with Crippen LogP contribution in [0, 0.1) is 0 Å². The van der Waals surface area contributed by atoms with Crippen LogP contribution in [-0.4, -0.2) is 17.7 Å². The highest BCUT2D eigenvalue weighted by Gasteiger charge is 2.05. The van der Waals surface area contributed by atoms with Crippen LogP contribution in [0.3, 0.4) is 0 Å². The van der Waals surface area contributed by atoms with Gasteiger partial charge >= 0.3 is 5.97 Å². The minimum Gasteiger partial charge on any atom is -0.516 e. The monoisotopic (exact) mass is 194 g/mol. The first kappa shape index (κ1) is 10.3. The summed E-state index contributed by atoms with van der Waals surface area (Å²) >= 11 is 0. The fourth-order valence-electron chi connectivity index (χ4n) is 0.792. The van der Waals surface area contributed by atoms with Crippen LogP contribution in [0.25, 0.3) is 0 Å². The van der Waals surface area contributed by atoms with Crippen LogP contribution in [0.2, 0.25) is 0 Å². The summed E-state index contributed by atoms with van der Waals surface area (Å²) in [5.41, 5.74) is 0.417. The summed E-state index contributed by atoms with van der Waals surface area (Å²) in [4.78, 5) is 20.1. The Morgan fingerprint density at radius 1 is 1.36 bits per heavy atom. The van der Waals surface area contributed by atoms with Gasteiger partial charge in [-0.1, -0.05) is 18.2 Å². The summed E-state index contributed by atoms with van der Waals surface area (Å²) in [7, 11) is 0. The van der Waals surface area contributed by atoms with Crippen LogP contribution in [0.5, 0.6) is 0 Å². The van der Waals surface area contributed by atoms with Gasteiger partial charge in [0, 0.05) is 0 Å². The standard InChI is InChI=1S/C10H10O4/c11-7-4-8-13-14-10(12)9-5-2-1-3-6-9/h1-7,11H,8H2. The Labute approximate surface area is 81.3 Å². The lowest BCUT2D eigenvalue weighted by Gasteiger charge is -2.00. The van der Waals surface area contributed by atoms with Gasteiger partial charge in [0.1, 0.15) is 6.61 Å². The molecule has 0 aliphatic rings. The van der Waals surface area contributed by atoms with E-state index in [1.807, 2.05) is 0 Å². The first-order valence-electron chi connectivity index (χ1n) is 4.02. The zero-order valence-corrected chi connectivity index (χ0v) is 7.42. The number of hydrogen-bond donors (Lipinski definition) is 1. The quantitative estimate of drug-likeness (QED) is 0.344. The molecule has 14 heavy (non-hydrogen) atoms. The molecule has 0 fully saturated rings. The molecule has 0 spiro atoms. The van der Waals surface area contributed by atoms with Gasteiger partial charge in [0.15, 0.2) is 0 Å². The van der Waals surface area contributed by atoms with E-state index in [0.717, 1.165) is 6.26 Å². The summed E-state index contributed by atoms with van der Waals surface area (Å²) in [6, 6.07) is 8.49. The molecular formula is C10H10O4. The number of hydrogen-bond acceptors (Lipinski definition) is 4. The highest BCUT2D eigenvalue weighted by Crippen LogP contribution is 2.00. The topological polar surface area (TPSA) is 55.8 Å². The normalized spacial score (nSPS) is 10.3. The summed E-state index contributed by atoms with van der Waals surface area (Å²) in [6.07, 6.45) is 2.12. The van der Waals surface area contributed by atoms with Crippen molar-refractivity contribution in [2.45, 2.75) is 0 Å². The van der Waals surface area contributed by atoms with E-state index in [2.05, 4.69) is 9.78 Å². The van der Waals surface area contributed by atoms with Gasteiger partial charge in [-0.25, -0.2) is 4.79 Å². The van der Waals surface area contributed by atoms with Crippen LogP contribution < -0.4 is 0 Å². The fourth-order valence-corrected chi connectivity index (χ4v) is 0.792. The third kappa shape index (κ3) is 3.28. The number of aliphatic hydroxyl groups is 1. The van der Waals surface area contributed by atoms with E-state index in [1.165, 1.54) is 6.08 Å². The van der Waals surface area contributed by atoms with Crippen LogP contribution >= 0.6 is 0 Å². The molecule has 1 aromatic carbocycles. The van der Waals surface area contributed by atoms with E-state index in [4.69, 9.17) is 5.11 Å². The van der Waals surface area contributed by atoms with Crippen molar-refractivity contribution >= 4 is 5.97 Å². The molecule has 1 rings (SSSR count). The van der Waals surface area contributed by atoms with E-state index in [0.29, 0.717) is 5.56 Å². The molecule has 74 valence electrons. The lowest BCUT2D eigenvalue weighted by Crippen LogP contribution is -2.05. The summed E-state index contributed by atoms with van der Waals surface area (Å²) in [5.74, 6) is -0.558. The molecule has 0 radical (unpaired) electrons. The number of benzene rings is 1. The highest BCUT2D eigenvalue weighted by molar-refractivity contribution is 5.88. The molecule has 0 aromatic heterocycles. The van der Waals surface area contributed by atoms with Crippen LogP contribution in [0.4, 0.5) is 0 Å². The number of carbonyl (C=O) groups excluding carboxylic acids is 1. The summed E-state index contributed by atoms with van der Waals surface area (Å²) < 4.78 is 0. The lowest BCUT2D eigenvalue weighted by atomic mass is 10.2. The first-order chi connectivity index (χ1) is 6.84. The third-order valence-electron chi connectivity index (χ3n) is 1.41. The van der Waals surface area contributed by atoms with Gasteiger partial charge in [-0.2, -0.15) is 4.89 Å². The van der Waals surface area contributed by atoms with E-state index >= 15 is 0 Å². The Bertz CT molecular complexity index is 305. The summed E-state index contributed by atoms with van der Waals surface area (Å²) in [6.45, 7) is 0.0229. The Hall–Kier alpha value is -1.81. The van der Waals surface area contributed by atoms with Crippen LogP contribution in [0.15, 0.2) is 42.7 Å². The maximum absolute atomic E-state index is 11.2. The molecule has 0 aliphatic carbocycles. The Kier molecular flexibility index (Phi) is 4.23. The SMILES string of the molecule is O=C(OOCC=CO)c1ccccc1. The lowest BCUT2D eigenvalue weighted by molar-refractivity contribution is -0.231. The van der Waals surface area contributed by atoms with Gasteiger partial charge in [-0.05, 0) is 18.2 Å². The predicted octanol–water partition coefficient (Wildman–Crippen LogP) is 1.85. The smallest absolute Gasteiger partial charge is 0.373 e. The van der Waals surface area contributed by atoms with E-state index in [9.17, 15) is 4.79 Å². The van der Waals surface area contributed by atoms with Crippen LogP contribution in [0.1, 0.15) is 10.4 Å². The maximum atomic E-state index is 11.2. The second kappa shape index (κ2) is 5.77. The Balaban J connectivity index is 2.36. The zero-order chi connectivity index (χ0) is 10.2. The van der Waals surface area contributed by atoms with Gasteiger partial charge in [0.2, 0.25) is 0 Å². The molecule has 0 unspecified atom stereocenters. The van der Waals surface area contributed by atoms with Gasteiger partial charge in [-0.15, -0.1) is 0 Å². The second-order valence-corrected chi connectivity index (χ2v) is 2.41. The molecule has 0 saturated heterocycles. The molecule has 0 atom stereocenters. The molecule has 0 amide bonds. The highest BCUT2D eigenvalue weighted by atomic mass is 17.2. The van der Waals surface area contributed by atoms with Crippen LogP contribution in [-0.2, 0) is 9.78 Å². The molecular weight excluding hydrogens is 184 g/mol. The van der Waals surface area contributed by atoms with Gasteiger partial charge in [0.05, 0.1) is 11.8 Å². The average molecular weight is 194 g/mol. The maximum Gasteiger partial charge on any atom is 0.373 e. The van der Waals surface area contributed by atoms with E-state index < -0.39 is 5.97 Å². The largest absolute Gasteiger partial charge is 0.516 e. The molecule has 0 bridgehead atoms. The van der Waals surface area contributed by atoms with Crippen molar-refractivity contribution in [3.63, 3.8) is 0 Å². The van der Waals surface area contributed by atoms with Crippen molar-refractivity contribution in [2.24, 2.45) is 0 Å². The molecule has 4 heteroatoms. The average Bonchev–Trinajstić information content (AvgIpc) is 2.25. The molecule has 0 heterocycles. The van der Waals surface area contributed by atoms with Gasteiger partial charge in [0.25, 0.3) is 0 Å². The fraction of sp³-hybridized carbons (Fsp3) is 0.100. The Morgan fingerprint density at radius 3 is 2.71 bits per heavy atom. The van der Waals surface area contributed by atoms with Crippen molar-refractivity contribution < 1.29 is 19.7 Å². The summed E-state index contributed by atoms with van der Waals surface area (Å²) in [5, 5.41) is 8.25.